The standard InChI is InChI=1S/C19H20N2O6/c1-25-8-9-26-15-5-2-13(3-6-15)11-21-16-10-14(19(23)20-24)4-7-17(16)27-12-18(21)22/h2-7,10,24H,8-9,11-12H2,1H3,(H,20,23). The minimum absolute atomic E-state index is 0.0727. The first-order valence-corrected chi connectivity index (χ1v) is 8.34. The van der Waals surface area contributed by atoms with E-state index in [1.54, 1.807) is 23.6 Å². The van der Waals surface area contributed by atoms with Crippen molar-refractivity contribution in [3.8, 4) is 11.5 Å². The van der Waals surface area contributed by atoms with Crippen LogP contribution in [0.25, 0.3) is 0 Å². The number of nitrogens with zero attached hydrogens (tertiary/aromatic N) is 1. The van der Waals surface area contributed by atoms with Gasteiger partial charge in [0.1, 0.15) is 18.1 Å². The van der Waals surface area contributed by atoms with E-state index in [0.29, 0.717) is 36.9 Å². The van der Waals surface area contributed by atoms with Crippen molar-refractivity contribution >= 4 is 17.5 Å². The first kappa shape index (κ1) is 18.7. The predicted molar refractivity (Wildman–Crippen MR) is 96.2 cm³/mol. The monoisotopic (exact) mass is 372 g/mol. The maximum atomic E-state index is 12.4. The fraction of sp³-hybridized carbons (Fsp3) is 0.263. The molecule has 8 nitrogen and oxygen atoms in total. The first-order chi connectivity index (χ1) is 13.1. The second kappa shape index (κ2) is 8.52. The number of carbonyl (C=O) groups is 2. The van der Waals surface area contributed by atoms with E-state index in [1.807, 2.05) is 24.3 Å². The van der Waals surface area contributed by atoms with Gasteiger partial charge in [-0.1, -0.05) is 12.1 Å². The topological polar surface area (TPSA) is 97.3 Å². The Balaban J connectivity index is 1.78. The van der Waals surface area contributed by atoms with Crippen LogP contribution < -0.4 is 19.9 Å². The number of rotatable bonds is 7. The van der Waals surface area contributed by atoms with Crippen molar-refractivity contribution in [2.24, 2.45) is 0 Å². The lowest BCUT2D eigenvalue weighted by molar-refractivity contribution is -0.121. The quantitative estimate of drug-likeness (QED) is 0.437. The molecule has 0 fully saturated rings. The summed E-state index contributed by atoms with van der Waals surface area (Å²) in [5, 5.41) is 8.82. The summed E-state index contributed by atoms with van der Waals surface area (Å²) in [7, 11) is 1.61. The van der Waals surface area contributed by atoms with Gasteiger partial charge in [0, 0.05) is 12.7 Å². The molecule has 2 N–H and O–H groups in total. The molecule has 1 aliphatic heterocycles. The van der Waals surface area contributed by atoms with E-state index in [4.69, 9.17) is 19.4 Å². The van der Waals surface area contributed by atoms with Gasteiger partial charge < -0.3 is 19.1 Å². The van der Waals surface area contributed by atoms with Gasteiger partial charge in [-0.3, -0.25) is 14.8 Å². The third-order valence-corrected chi connectivity index (χ3v) is 4.09. The summed E-state index contributed by atoms with van der Waals surface area (Å²) >= 11 is 0. The minimum atomic E-state index is -0.659. The van der Waals surface area contributed by atoms with Gasteiger partial charge in [-0.25, -0.2) is 5.48 Å². The predicted octanol–water partition coefficient (Wildman–Crippen LogP) is 1.76. The molecule has 0 atom stereocenters. The van der Waals surface area contributed by atoms with Crippen LogP contribution >= 0.6 is 0 Å². The van der Waals surface area contributed by atoms with E-state index in [2.05, 4.69) is 0 Å². The van der Waals surface area contributed by atoms with Crippen LogP contribution in [0, 0.1) is 0 Å². The number of hydrogen-bond donors (Lipinski definition) is 2. The first-order valence-electron chi connectivity index (χ1n) is 8.34. The summed E-state index contributed by atoms with van der Waals surface area (Å²) in [6.45, 7) is 1.21. The molecule has 0 unspecified atom stereocenters. The molecule has 27 heavy (non-hydrogen) atoms. The molecule has 0 spiro atoms. The van der Waals surface area contributed by atoms with Gasteiger partial charge in [-0.2, -0.15) is 0 Å². The third-order valence-electron chi connectivity index (χ3n) is 4.09. The van der Waals surface area contributed by atoms with Crippen LogP contribution in [0.2, 0.25) is 0 Å². The average molecular weight is 372 g/mol. The highest BCUT2D eigenvalue weighted by atomic mass is 16.5. The lowest BCUT2D eigenvalue weighted by Gasteiger charge is -2.29. The molecule has 2 amide bonds. The number of benzene rings is 2. The molecule has 0 aromatic heterocycles. The molecular formula is C19H20N2O6. The van der Waals surface area contributed by atoms with Gasteiger partial charge in [0.2, 0.25) is 0 Å². The molecule has 0 radical (unpaired) electrons. The smallest absolute Gasteiger partial charge is 0.274 e. The van der Waals surface area contributed by atoms with Gasteiger partial charge >= 0.3 is 0 Å². The third kappa shape index (κ3) is 4.36. The van der Waals surface area contributed by atoms with Crippen molar-refractivity contribution in [3.05, 3.63) is 53.6 Å². The maximum absolute atomic E-state index is 12.4. The van der Waals surface area contributed by atoms with E-state index in [9.17, 15) is 9.59 Å². The summed E-state index contributed by atoms with van der Waals surface area (Å²) in [5.41, 5.74) is 3.18. The number of hydroxylamine groups is 1. The van der Waals surface area contributed by atoms with Crippen molar-refractivity contribution in [1.82, 2.24) is 5.48 Å². The Morgan fingerprint density at radius 3 is 2.70 bits per heavy atom. The fourth-order valence-corrected chi connectivity index (χ4v) is 2.70. The van der Waals surface area contributed by atoms with Crippen molar-refractivity contribution in [2.75, 3.05) is 31.8 Å². The van der Waals surface area contributed by atoms with Gasteiger partial charge in [0.25, 0.3) is 11.8 Å². The lowest BCUT2D eigenvalue weighted by atomic mass is 10.1. The van der Waals surface area contributed by atoms with E-state index in [-0.39, 0.29) is 18.1 Å². The summed E-state index contributed by atoms with van der Waals surface area (Å²) in [6.07, 6.45) is 0. The Kier molecular flexibility index (Phi) is 5.90. The van der Waals surface area contributed by atoms with Gasteiger partial charge in [0.15, 0.2) is 6.61 Å². The molecule has 142 valence electrons. The number of ether oxygens (including phenoxy) is 3. The Labute approximate surface area is 156 Å². The number of anilines is 1. The molecule has 0 saturated heterocycles. The summed E-state index contributed by atoms with van der Waals surface area (Å²) in [4.78, 5) is 25.6. The zero-order valence-electron chi connectivity index (χ0n) is 14.8. The zero-order valence-corrected chi connectivity index (χ0v) is 14.8. The molecule has 1 heterocycles. The van der Waals surface area contributed by atoms with E-state index < -0.39 is 5.91 Å². The van der Waals surface area contributed by atoms with Crippen LogP contribution in [0.3, 0.4) is 0 Å². The molecule has 2 aromatic rings. The van der Waals surface area contributed by atoms with Crippen LogP contribution in [0.15, 0.2) is 42.5 Å². The number of methoxy groups -OCH3 is 1. The highest BCUT2D eigenvalue weighted by molar-refractivity contribution is 6.01. The van der Waals surface area contributed by atoms with Crippen molar-refractivity contribution < 1.29 is 29.0 Å². The normalized spacial score (nSPS) is 13.0. The van der Waals surface area contributed by atoms with Gasteiger partial charge in [-0.15, -0.1) is 0 Å². The second-order valence-corrected chi connectivity index (χ2v) is 5.88. The van der Waals surface area contributed by atoms with Crippen LogP contribution in [0.5, 0.6) is 11.5 Å². The van der Waals surface area contributed by atoms with E-state index in [0.717, 1.165) is 5.56 Å². The SMILES string of the molecule is COCCOc1ccc(CN2C(=O)COc3ccc(C(=O)NO)cc32)cc1. The van der Waals surface area contributed by atoms with Gasteiger partial charge in [-0.05, 0) is 35.9 Å². The minimum Gasteiger partial charge on any atom is -0.491 e. The molecule has 0 bridgehead atoms. The van der Waals surface area contributed by atoms with Crippen molar-refractivity contribution in [3.63, 3.8) is 0 Å². The average Bonchev–Trinajstić information content (AvgIpc) is 2.70. The van der Waals surface area contributed by atoms with Crippen LogP contribution in [-0.2, 0) is 16.1 Å². The highest BCUT2D eigenvalue weighted by Gasteiger charge is 2.26. The Morgan fingerprint density at radius 1 is 1.22 bits per heavy atom. The Bertz CT molecular complexity index is 821. The number of carbonyl (C=O) groups excluding carboxylic acids is 2. The molecule has 1 aliphatic rings. The Hall–Kier alpha value is -3.10. The highest BCUT2D eigenvalue weighted by Crippen LogP contribution is 2.34. The molecule has 0 aliphatic carbocycles. The molecule has 8 heteroatoms. The second-order valence-electron chi connectivity index (χ2n) is 5.88. The number of nitrogens with one attached hydrogen (secondary N) is 1. The molecule has 2 aromatic carbocycles. The molecular weight excluding hydrogens is 352 g/mol. The number of amides is 2. The number of hydrogen-bond acceptors (Lipinski definition) is 6. The summed E-state index contributed by atoms with van der Waals surface area (Å²) in [6, 6.07) is 12.0. The summed E-state index contributed by atoms with van der Waals surface area (Å²) in [5.74, 6) is 0.341. The van der Waals surface area contributed by atoms with Crippen molar-refractivity contribution in [2.45, 2.75) is 6.54 Å². The maximum Gasteiger partial charge on any atom is 0.274 e. The van der Waals surface area contributed by atoms with E-state index >= 15 is 0 Å². The number of fused-ring (bicyclic) bond motifs is 1. The zero-order chi connectivity index (χ0) is 19.2. The fourth-order valence-electron chi connectivity index (χ4n) is 2.70. The molecule has 3 rings (SSSR count). The largest absolute Gasteiger partial charge is 0.491 e. The Morgan fingerprint density at radius 2 is 2.00 bits per heavy atom. The van der Waals surface area contributed by atoms with Crippen LogP contribution in [0.4, 0.5) is 5.69 Å². The van der Waals surface area contributed by atoms with Crippen LogP contribution in [-0.4, -0.2) is 44.0 Å². The van der Waals surface area contributed by atoms with E-state index in [1.165, 1.54) is 12.1 Å². The van der Waals surface area contributed by atoms with Gasteiger partial charge in [0.05, 0.1) is 18.8 Å². The molecule has 0 saturated carbocycles. The summed E-state index contributed by atoms with van der Waals surface area (Å²) < 4.78 is 15.9. The lowest BCUT2D eigenvalue weighted by Crippen LogP contribution is -2.38. The van der Waals surface area contributed by atoms with Crippen molar-refractivity contribution in [1.29, 1.82) is 0 Å². The van der Waals surface area contributed by atoms with Crippen LogP contribution in [0.1, 0.15) is 15.9 Å².